The first-order valence-corrected chi connectivity index (χ1v) is 5.98. The second-order valence-corrected chi connectivity index (χ2v) is 3.54. The first kappa shape index (κ1) is 28.1. The van der Waals surface area contributed by atoms with Crippen LogP contribution in [0.4, 0.5) is 0 Å². The average Bonchev–Trinajstić information content (AvgIpc) is 2.27. The molecule has 0 aromatic heterocycles. The Morgan fingerprint density at radius 3 is 0.478 bits per heavy atom. The molecule has 8 N–H and O–H groups in total. The first-order chi connectivity index (χ1) is 9.93. The molecule has 0 aliphatic carbocycles. The molecule has 17 heteroatoms. The van der Waals surface area contributed by atoms with Gasteiger partial charge in [-0.05, 0) is 0 Å². The van der Waals surface area contributed by atoms with Gasteiger partial charge in [-0.3, -0.25) is 0 Å². The van der Waals surface area contributed by atoms with Gasteiger partial charge in [0.25, 0.3) is 0 Å². The van der Waals surface area contributed by atoms with E-state index in [1.807, 2.05) is 0 Å². The van der Waals surface area contributed by atoms with Crippen molar-refractivity contribution in [2.24, 2.45) is 0 Å². The third kappa shape index (κ3) is 68.3. The SMILES string of the molecule is O=C(O)C(=O)O.O=C(O)C(=O)O.O=C(O)C(=O)O.[O]=[Mn](=[O])([OH])[OH]. The van der Waals surface area contributed by atoms with E-state index in [-0.39, 0.29) is 0 Å². The molecule has 135 valence electrons. The van der Waals surface area contributed by atoms with Crippen LogP contribution in [-0.2, 0) is 49.8 Å². The molecule has 0 saturated carbocycles. The third-order valence-corrected chi connectivity index (χ3v) is 0.549. The molecular formula is C6H8MnO16. The number of rotatable bonds is 0. The summed E-state index contributed by atoms with van der Waals surface area (Å²) in [6.07, 6.45) is 0. The van der Waals surface area contributed by atoms with Gasteiger partial charge in [0, 0.05) is 0 Å². The number of carboxylic acids is 6. The predicted molar refractivity (Wildman–Crippen MR) is 51.6 cm³/mol. The summed E-state index contributed by atoms with van der Waals surface area (Å²) in [6, 6.07) is 0. The van der Waals surface area contributed by atoms with Crippen LogP contribution < -0.4 is 0 Å². The van der Waals surface area contributed by atoms with Gasteiger partial charge in [0.05, 0.1) is 0 Å². The Morgan fingerprint density at radius 1 is 0.435 bits per heavy atom. The van der Waals surface area contributed by atoms with Crippen LogP contribution in [0.5, 0.6) is 0 Å². The van der Waals surface area contributed by atoms with Crippen molar-refractivity contribution >= 4 is 35.8 Å². The van der Waals surface area contributed by atoms with Gasteiger partial charge in [0.15, 0.2) is 0 Å². The average molecular weight is 391 g/mol. The van der Waals surface area contributed by atoms with Crippen LogP contribution in [0.3, 0.4) is 0 Å². The van der Waals surface area contributed by atoms with Gasteiger partial charge < -0.3 is 30.6 Å². The number of aliphatic carboxylic acids is 6. The summed E-state index contributed by atoms with van der Waals surface area (Å²) in [5.41, 5.74) is 0. The van der Waals surface area contributed by atoms with Crippen molar-refractivity contribution < 1.29 is 88.8 Å². The summed E-state index contributed by atoms with van der Waals surface area (Å²) in [6.45, 7) is 0. The Kier molecular flexibility index (Phi) is 16.9. The van der Waals surface area contributed by atoms with E-state index in [9.17, 15) is 0 Å². The van der Waals surface area contributed by atoms with Crippen LogP contribution in [0.1, 0.15) is 0 Å². The fourth-order valence-corrected chi connectivity index (χ4v) is 0. The van der Waals surface area contributed by atoms with Gasteiger partial charge in [-0.25, -0.2) is 28.8 Å². The molecule has 0 aromatic rings. The zero-order chi connectivity index (χ0) is 20.0. The van der Waals surface area contributed by atoms with Crippen LogP contribution >= 0.6 is 0 Å². The Hall–Kier alpha value is -3.14. The molecule has 23 heavy (non-hydrogen) atoms. The Labute approximate surface area is 125 Å². The van der Waals surface area contributed by atoms with Gasteiger partial charge in [-0.1, -0.05) is 0 Å². The second-order valence-electron chi connectivity index (χ2n) is 2.25. The van der Waals surface area contributed by atoms with E-state index < -0.39 is 49.2 Å². The van der Waals surface area contributed by atoms with Crippen molar-refractivity contribution in [2.45, 2.75) is 0 Å². The minimum atomic E-state index is -5.12. The zero-order valence-corrected chi connectivity index (χ0v) is 11.4. The number of hydrogen-bond acceptors (Lipinski definition) is 8. The molecule has 0 radical (unpaired) electrons. The summed E-state index contributed by atoms with van der Waals surface area (Å²) in [5, 5.41) is 44.3. The van der Waals surface area contributed by atoms with Gasteiger partial charge in [-0.15, -0.1) is 0 Å². The van der Waals surface area contributed by atoms with E-state index in [0.717, 1.165) is 0 Å². The molecule has 0 saturated heterocycles. The molecule has 0 spiro atoms. The predicted octanol–water partition coefficient (Wildman–Crippen LogP) is -3.89. The molecular weight excluding hydrogens is 383 g/mol. The van der Waals surface area contributed by atoms with Crippen LogP contribution in [-0.4, -0.2) is 74.8 Å². The van der Waals surface area contributed by atoms with Crippen LogP contribution in [0.25, 0.3) is 0 Å². The van der Waals surface area contributed by atoms with Gasteiger partial charge in [0.2, 0.25) is 0 Å². The summed E-state index contributed by atoms with van der Waals surface area (Å²) in [4.78, 5) is 54.6. The fourth-order valence-electron chi connectivity index (χ4n) is 0. The second kappa shape index (κ2) is 13.8. The van der Waals surface area contributed by atoms with E-state index in [1.165, 1.54) is 0 Å². The Balaban J connectivity index is -0.000000105. The van der Waals surface area contributed by atoms with E-state index in [2.05, 4.69) is 0 Å². The van der Waals surface area contributed by atoms with Gasteiger partial charge in [0.1, 0.15) is 0 Å². The van der Waals surface area contributed by atoms with Gasteiger partial charge in [-0.2, -0.15) is 0 Å². The zero-order valence-electron chi connectivity index (χ0n) is 10.2. The summed E-state index contributed by atoms with van der Waals surface area (Å²) in [7, 11) is 0. The molecule has 0 aliphatic heterocycles. The molecule has 0 bridgehead atoms. The van der Waals surface area contributed by atoms with Gasteiger partial charge >= 0.3 is 65.2 Å². The van der Waals surface area contributed by atoms with E-state index >= 15 is 0 Å². The topological polar surface area (TPSA) is 298 Å². The maximum absolute atomic E-state index is 9.10. The molecule has 0 aromatic carbocycles. The summed E-state index contributed by atoms with van der Waals surface area (Å²) < 4.78 is 31.8. The quantitative estimate of drug-likeness (QED) is 0.144. The third-order valence-electron chi connectivity index (χ3n) is 0.549. The molecule has 0 rings (SSSR count). The van der Waals surface area contributed by atoms with E-state index in [4.69, 9.17) is 75.5 Å². The molecule has 16 nitrogen and oxygen atoms in total. The summed E-state index contributed by atoms with van der Waals surface area (Å²) >= 11 is -5.12. The minimum absolute atomic E-state index is 1.82. The molecule has 0 heterocycles. The molecule has 0 aliphatic rings. The number of carboxylic acid groups (broad SMARTS) is 6. The Morgan fingerprint density at radius 2 is 0.478 bits per heavy atom. The van der Waals surface area contributed by atoms with Crippen molar-refractivity contribution in [1.29, 1.82) is 0 Å². The van der Waals surface area contributed by atoms with Crippen molar-refractivity contribution in [1.82, 2.24) is 0 Å². The molecule has 0 unspecified atom stereocenters. The normalized spacial score (nSPS) is 8.26. The molecule has 0 atom stereocenters. The maximum atomic E-state index is 9.10. The Bertz CT molecular complexity index is 452. The van der Waals surface area contributed by atoms with Crippen molar-refractivity contribution in [3.05, 3.63) is 0 Å². The van der Waals surface area contributed by atoms with Crippen molar-refractivity contribution in [3.63, 3.8) is 0 Å². The van der Waals surface area contributed by atoms with E-state index in [1.54, 1.807) is 0 Å². The number of hydrogen-bond donors (Lipinski definition) is 8. The first-order valence-electron chi connectivity index (χ1n) is 3.96. The molecule has 0 amide bonds. The number of carbonyl (C=O) groups is 6. The van der Waals surface area contributed by atoms with Crippen LogP contribution in [0.2, 0.25) is 0 Å². The van der Waals surface area contributed by atoms with E-state index in [0.29, 0.717) is 0 Å². The summed E-state index contributed by atoms with van der Waals surface area (Å²) in [5.74, 6) is -10.9. The van der Waals surface area contributed by atoms with Crippen molar-refractivity contribution in [3.8, 4) is 0 Å². The van der Waals surface area contributed by atoms with Crippen molar-refractivity contribution in [2.75, 3.05) is 0 Å². The van der Waals surface area contributed by atoms with Crippen LogP contribution in [0, 0.1) is 0 Å². The standard InChI is InChI=1S/3C2H2O4.Mn.2H2O.2O/c3*3-1(4)2(5)6;;;;;/h3*(H,3,4)(H,5,6);;2*1H2;;/q;;;+2;;;;/p-2. The fraction of sp³-hybridized carbons (Fsp3) is 0. The molecule has 0 fully saturated rings. The van der Waals surface area contributed by atoms with Crippen LogP contribution in [0.15, 0.2) is 0 Å². The monoisotopic (exact) mass is 391 g/mol.